The third-order valence-corrected chi connectivity index (χ3v) is 6.56. The molecule has 4 rings (SSSR count). The number of benzene rings is 2. The summed E-state index contributed by atoms with van der Waals surface area (Å²) >= 11 is 12.1. The second-order valence-corrected chi connectivity index (χ2v) is 8.94. The van der Waals surface area contributed by atoms with Crippen molar-refractivity contribution in [3.05, 3.63) is 64.3 Å². The number of aromatic amines is 1. The first-order valence-electron chi connectivity index (χ1n) is 11.0. The molecular weight excluding hydrogens is 461 g/mol. The maximum Gasteiger partial charge on any atom is 0.319 e. The minimum Gasteiger partial charge on any atom is -0.361 e. The highest BCUT2D eigenvalue weighted by Gasteiger charge is 2.29. The van der Waals surface area contributed by atoms with Gasteiger partial charge < -0.3 is 25.4 Å². The molecule has 1 aliphatic rings. The number of hydrogen-bond acceptors (Lipinski definition) is 3. The molecule has 0 spiro atoms. The largest absolute Gasteiger partial charge is 0.361 e. The van der Waals surface area contributed by atoms with E-state index < -0.39 is 12.1 Å². The molecule has 0 radical (unpaired) electrons. The average molecular weight is 488 g/mol. The fourth-order valence-electron chi connectivity index (χ4n) is 4.13. The van der Waals surface area contributed by atoms with E-state index in [-0.39, 0.29) is 5.91 Å². The number of piperazine rings is 1. The fraction of sp³-hybridized carbons (Fsp3) is 0.333. The van der Waals surface area contributed by atoms with Crippen LogP contribution in [0, 0.1) is 0 Å². The van der Waals surface area contributed by atoms with Gasteiger partial charge in [-0.15, -0.1) is 0 Å². The maximum atomic E-state index is 13.5. The van der Waals surface area contributed by atoms with Gasteiger partial charge in [-0.25, -0.2) is 4.79 Å². The molecule has 1 saturated heterocycles. The fourth-order valence-corrected chi connectivity index (χ4v) is 4.59. The quantitative estimate of drug-likeness (QED) is 0.482. The summed E-state index contributed by atoms with van der Waals surface area (Å²) in [6.45, 7) is 6.02. The summed E-state index contributed by atoms with van der Waals surface area (Å²) in [7, 11) is 0. The Bertz CT molecular complexity index is 1140. The second-order valence-electron chi connectivity index (χ2n) is 8.10. The van der Waals surface area contributed by atoms with E-state index in [2.05, 4.69) is 27.4 Å². The lowest BCUT2D eigenvalue weighted by molar-refractivity contribution is -0.134. The minimum atomic E-state index is -0.719. The normalized spacial score (nSPS) is 15.4. The summed E-state index contributed by atoms with van der Waals surface area (Å²) in [5.74, 6) is -0.0895. The van der Waals surface area contributed by atoms with Crippen molar-refractivity contribution in [2.45, 2.75) is 19.4 Å². The first-order chi connectivity index (χ1) is 15.9. The van der Waals surface area contributed by atoms with Gasteiger partial charge in [0.05, 0.1) is 10.7 Å². The number of carbonyl (C=O) groups is 2. The number of hydrogen-bond donors (Lipinski definition) is 3. The van der Waals surface area contributed by atoms with Crippen molar-refractivity contribution in [3.63, 3.8) is 0 Å². The summed E-state index contributed by atoms with van der Waals surface area (Å²) in [5.41, 5.74) is 2.39. The Hall–Kier alpha value is -2.74. The molecule has 0 bridgehead atoms. The molecule has 1 aliphatic heterocycles. The van der Waals surface area contributed by atoms with Crippen LogP contribution in [0.1, 0.15) is 12.5 Å². The molecule has 1 aromatic heterocycles. The van der Waals surface area contributed by atoms with E-state index >= 15 is 0 Å². The predicted molar refractivity (Wildman–Crippen MR) is 133 cm³/mol. The molecule has 7 nitrogen and oxygen atoms in total. The van der Waals surface area contributed by atoms with E-state index in [1.165, 1.54) is 0 Å². The average Bonchev–Trinajstić information content (AvgIpc) is 3.23. The van der Waals surface area contributed by atoms with Crippen molar-refractivity contribution in [3.8, 4) is 0 Å². The molecule has 2 heterocycles. The molecule has 3 aromatic rings. The van der Waals surface area contributed by atoms with Gasteiger partial charge in [0.15, 0.2) is 0 Å². The van der Waals surface area contributed by atoms with Crippen molar-refractivity contribution < 1.29 is 9.59 Å². The van der Waals surface area contributed by atoms with Gasteiger partial charge in [-0.2, -0.15) is 0 Å². The Balaban J connectivity index is 1.52. The van der Waals surface area contributed by atoms with Crippen molar-refractivity contribution in [1.29, 1.82) is 0 Å². The number of fused-ring (bicyclic) bond motifs is 1. The lowest BCUT2D eigenvalue weighted by Gasteiger charge is -2.36. The Morgan fingerprint density at radius 1 is 1.09 bits per heavy atom. The van der Waals surface area contributed by atoms with Crippen LogP contribution in [0.3, 0.4) is 0 Å². The van der Waals surface area contributed by atoms with E-state index in [0.717, 1.165) is 36.1 Å². The van der Waals surface area contributed by atoms with Crippen LogP contribution < -0.4 is 10.6 Å². The predicted octanol–water partition coefficient (Wildman–Crippen LogP) is 4.37. The summed E-state index contributed by atoms with van der Waals surface area (Å²) in [6.07, 6.45) is 2.27. The van der Waals surface area contributed by atoms with E-state index in [4.69, 9.17) is 23.2 Å². The molecule has 1 fully saturated rings. The molecule has 3 N–H and O–H groups in total. The van der Waals surface area contributed by atoms with E-state index in [9.17, 15) is 9.59 Å². The van der Waals surface area contributed by atoms with Gasteiger partial charge in [0.25, 0.3) is 0 Å². The van der Waals surface area contributed by atoms with Crippen molar-refractivity contribution in [2.75, 3.05) is 38.0 Å². The number of likely N-dealkylation sites (N-methyl/N-ethyl adjacent to an activating group) is 1. The summed E-state index contributed by atoms with van der Waals surface area (Å²) in [5, 5.41) is 7.44. The maximum absolute atomic E-state index is 13.5. The van der Waals surface area contributed by atoms with Gasteiger partial charge in [-0.1, -0.05) is 48.3 Å². The number of halogens is 2. The molecule has 33 heavy (non-hydrogen) atoms. The Morgan fingerprint density at radius 2 is 1.85 bits per heavy atom. The van der Waals surface area contributed by atoms with Crippen LogP contribution in [0.2, 0.25) is 10.0 Å². The number of rotatable bonds is 6. The molecule has 9 heteroatoms. The molecule has 0 saturated carbocycles. The highest BCUT2D eigenvalue weighted by molar-refractivity contribution is 6.36. The summed E-state index contributed by atoms with van der Waals surface area (Å²) < 4.78 is 0. The summed E-state index contributed by atoms with van der Waals surface area (Å²) in [4.78, 5) is 33.7. The third kappa shape index (κ3) is 5.61. The first kappa shape index (κ1) is 23.4. The van der Waals surface area contributed by atoms with Crippen molar-refractivity contribution in [2.24, 2.45) is 0 Å². The van der Waals surface area contributed by atoms with Crippen LogP contribution in [-0.4, -0.2) is 65.5 Å². The first-order valence-corrected chi connectivity index (χ1v) is 11.8. The SMILES string of the molecule is CCN1CCN(C(=O)C(Cc2c[nH]c3ccccc23)NC(=O)Nc2ccc(Cl)cc2Cl)CC1. The van der Waals surface area contributed by atoms with E-state index in [0.29, 0.717) is 35.2 Å². The Kier molecular flexibility index (Phi) is 7.42. The lowest BCUT2D eigenvalue weighted by atomic mass is 10.0. The van der Waals surface area contributed by atoms with Crippen LogP contribution in [0.25, 0.3) is 10.9 Å². The highest BCUT2D eigenvalue weighted by atomic mass is 35.5. The van der Waals surface area contributed by atoms with Crippen LogP contribution in [-0.2, 0) is 11.2 Å². The number of anilines is 1. The molecule has 3 amide bonds. The van der Waals surface area contributed by atoms with Crippen LogP contribution in [0.15, 0.2) is 48.7 Å². The zero-order chi connectivity index (χ0) is 23.4. The lowest BCUT2D eigenvalue weighted by Crippen LogP contribution is -2.56. The van der Waals surface area contributed by atoms with Gasteiger partial charge in [0.1, 0.15) is 6.04 Å². The zero-order valence-electron chi connectivity index (χ0n) is 18.4. The minimum absolute atomic E-state index is 0.0895. The van der Waals surface area contributed by atoms with Gasteiger partial charge in [0.2, 0.25) is 5.91 Å². The molecule has 0 aliphatic carbocycles. The highest BCUT2D eigenvalue weighted by Crippen LogP contribution is 2.25. The number of aromatic nitrogens is 1. The third-order valence-electron chi connectivity index (χ3n) is 6.01. The summed E-state index contributed by atoms with van der Waals surface area (Å²) in [6, 6.07) is 11.5. The van der Waals surface area contributed by atoms with Crippen molar-refractivity contribution >= 4 is 51.7 Å². The topological polar surface area (TPSA) is 80.5 Å². The molecule has 174 valence electrons. The number of carbonyl (C=O) groups excluding carboxylic acids is 2. The number of urea groups is 1. The standard InChI is InChI=1S/C24H27Cl2N5O2/c1-2-30-9-11-31(12-10-30)23(32)22(13-16-15-27-20-6-4-3-5-18(16)20)29-24(33)28-21-8-7-17(25)14-19(21)26/h3-8,14-15,22,27H,2,9-13H2,1H3,(H2,28,29,33). The van der Waals surface area contributed by atoms with Gasteiger partial charge in [-0.05, 0) is 36.4 Å². The van der Waals surface area contributed by atoms with Gasteiger partial charge in [-0.3, -0.25) is 4.79 Å². The van der Waals surface area contributed by atoms with Crippen molar-refractivity contribution in [1.82, 2.24) is 20.1 Å². The number of nitrogens with one attached hydrogen (secondary N) is 3. The Morgan fingerprint density at radius 3 is 2.58 bits per heavy atom. The number of para-hydroxylation sites is 1. The number of nitrogens with zero attached hydrogens (tertiary/aromatic N) is 2. The monoisotopic (exact) mass is 487 g/mol. The Labute approximate surface area is 203 Å². The molecule has 1 atom stereocenters. The van der Waals surface area contributed by atoms with E-state index in [1.807, 2.05) is 35.4 Å². The van der Waals surface area contributed by atoms with Gasteiger partial charge >= 0.3 is 6.03 Å². The second kappa shape index (κ2) is 10.5. The van der Waals surface area contributed by atoms with Crippen LogP contribution in [0.5, 0.6) is 0 Å². The molecule has 1 unspecified atom stereocenters. The smallest absolute Gasteiger partial charge is 0.319 e. The van der Waals surface area contributed by atoms with Gasteiger partial charge in [0, 0.05) is 54.7 Å². The number of H-pyrrole nitrogens is 1. The van der Waals surface area contributed by atoms with Crippen LogP contribution in [0.4, 0.5) is 10.5 Å². The zero-order valence-corrected chi connectivity index (χ0v) is 19.9. The molecule has 2 aromatic carbocycles. The van der Waals surface area contributed by atoms with E-state index in [1.54, 1.807) is 18.2 Å². The molecular formula is C24H27Cl2N5O2. The van der Waals surface area contributed by atoms with Crippen LogP contribution >= 0.6 is 23.2 Å². The number of amides is 3.